The standard InChI is InChI=1S/C17H26ClN3O2S/c1-2-19-11-13-20(14-12-19)16-7-9-21(10-8-16)24(22,23)17-5-3-15(18)4-6-17/h3-6,16H,2,7-14H2,1H3/p+2. The van der Waals surface area contributed by atoms with Crippen LogP contribution in [-0.2, 0) is 10.0 Å². The van der Waals surface area contributed by atoms with E-state index in [0.29, 0.717) is 29.0 Å². The van der Waals surface area contributed by atoms with E-state index < -0.39 is 10.0 Å². The molecule has 0 aliphatic carbocycles. The number of sulfonamides is 1. The summed E-state index contributed by atoms with van der Waals surface area (Å²) in [5.41, 5.74) is 0. The summed E-state index contributed by atoms with van der Waals surface area (Å²) in [5.74, 6) is 0. The molecule has 1 aromatic carbocycles. The minimum Gasteiger partial charge on any atom is -0.326 e. The quantitative estimate of drug-likeness (QED) is 0.733. The number of piperidine rings is 1. The lowest BCUT2D eigenvalue weighted by atomic mass is 10.0. The first-order valence-corrected chi connectivity index (χ1v) is 10.8. The van der Waals surface area contributed by atoms with E-state index in [1.807, 2.05) is 0 Å². The Morgan fingerprint density at radius 2 is 1.67 bits per heavy atom. The minimum atomic E-state index is -3.38. The van der Waals surface area contributed by atoms with Crippen molar-refractivity contribution in [2.75, 3.05) is 45.8 Å². The molecule has 3 rings (SSSR count). The summed E-state index contributed by atoms with van der Waals surface area (Å²) in [5, 5.41) is 0.560. The Kier molecular flexibility index (Phi) is 5.82. The number of quaternary nitrogens is 2. The Morgan fingerprint density at radius 3 is 2.21 bits per heavy atom. The second-order valence-corrected chi connectivity index (χ2v) is 9.27. The van der Waals surface area contributed by atoms with Gasteiger partial charge >= 0.3 is 0 Å². The molecule has 0 saturated carbocycles. The van der Waals surface area contributed by atoms with E-state index in [-0.39, 0.29) is 0 Å². The third kappa shape index (κ3) is 3.94. The van der Waals surface area contributed by atoms with E-state index in [2.05, 4.69) is 6.92 Å². The molecule has 2 saturated heterocycles. The van der Waals surface area contributed by atoms with E-state index in [4.69, 9.17) is 11.6 Å². The zero-order chi connectivity index (χ0) is 17.2. The fraction of sp³-hybridized carbons (Fsp3) is 0.647. The highest BCUT2D eigenvalue weighted by atomic mass is 35.5. The van der Waals surface area contributed by atoms with Gasteiger partial charge in [-0.2, -0.15) is 4.31 Å². The van der Waals surface area contributed by atoms with E-state index >= 15 is 0 Å². The summed E-state index contributed by atoms with van der Waals surface area (Å²) >= 11 is 5.86. The zero-order valence-electron chi connectivity index (χ0n) is 14.3. The molecule has 0 spiro atoms. The SMILES string of the molecule is CC[NH+]1CC[NH+](C2CCN(S(=O)(=O)c3ccc(Cl)cc3)CC2)CC1. The number of hydrogen-bond donors (Lipinski definition) is 2. The molecule has 0 unspecified atom stereocenters. The van der Waals surface area contributed by atoms with E-state index in [1.165, 1.54) is 32.7 Å². The van der Waals surface area contributed by atoms with E-state index in [0.717, 1.165) is 12.8 Å². The van der Waals surface area contributed by atoms with Crippen molar-refractivity contribution in [1.82, 2.24) is 4.31 Å². The molecular weight excluding hydrogens is 346 g/mol. The van der Waals surface area contributed by atoms with Gasteiger partial charge in [-0.3, -0.25) is 0 Å². The summed E-state index contributed by atoms with van der Waals surface area (Å²) in [6.45, 7) is 9.65. The van der Waals surface area contributed by atoms with Crippen molar-refractivity contribution >= 4 is 21.6 Å². The molecular formula is C17H28ClN3O2S+2. The Bertz CT molecular complexity index is 634. The summed E-state index contributed by atoms with van der Waals surface area (Å²) < 4.78 is 27.1. The molecule has 0 amide bonds. The lowest BCUT2D eigenvalue weighted by molar-refractivity contribution is -1.02. The second kappa shape index (κ2) is 7.70. The summed E-state index contributed by atoms with van der Waals surface area (Å²) in [6.07, 6.45) is 1.92. The number of likely N-dealkylation sites (N-methyl/N-ethyl adjacent to an activating group) is 1. The first kappa shape index (κ1) is 18.1. The Morgan fingerprint density at radius 1 is 1.08 bits per heavy atom. The molecule has 0 aromatic heterocycles. The zero-order valence-corrected chi connectivity index (χ0v) is 15.9. The van der Waals surface area contributed by atoms with Crippen LogP contribution in [0.25, 0.3) is 0 Å². The van der Waals surface area contributed by atoms with Gasteiger partial charge in [-0.15, -0.1) is 0 Å². The Labute approximate surface area is 150 Å². The van der Waals surface area contributed by atoms with Gasteiger partial charge in [0.2, 0.25) is 10.0 Å². The fourth-order valence-corrected chi connectivity index (χ4v) is 5.54. The Balaban J connectivity index is 1.58. The second-order valence-electron chi connectivity index (χ2n) is 6.89. The third-order valence-electron chi connectivity index (χ3n) is 5.58. The molecule has 2 N–H and O–H groups in total. The average Bonchev–Trinajstić information content (AvgIpc) is 2.62. The van der Waals surface area contributed by atoms with Crippen molar-refractivity contribution in [2.45, 2.75) is 30.7 Å². The van der Waals surface area contributed by atoms with Gasteiger partial charge in [-0.1, -0.05) is 11.6 Å². The van der Waals surface area contributed by atoms with E-state index in [1.54, 1.807) is 38.4 Å². The van der Waals surface area contributed by atoms with Gasteiger partial charge in [0.15, 0.2) is 0 Å². The van der Waals surface area contributed by atoms with Crippen LogP contribution in [-0.4, -0.2) is 64.6 Å². The maximum absolute atomic E-state index is 12.7. The summed E-state index contributed by atoms with van der Waals surface area (Å²) in [6, 6.07) is 7.09. The minimum absolute atomic E-state index is 0.345. The molecule has 0 radical (unpaired) electrons. The molecule has 2 heterocycles. The predicted octanol–water partition coefficient (Wildman–Crippen LogP) is -0.704. The van der Waals surface area contributed by atoms with Gasteiger partial charge in [0, 0.05) is 31.0 Å². The molecule has 2 aliphatic rings. The van der Waals surface area contributed by atoms with Crippen LogP contribution in [0.2, 0.25) is 5.02 Å². The molecule has 7 heteroatoms. The number of rotatable bonds is 4. The smallest absolute Gasteiger partial charge is 0.243 e. The first-order chi connectivity index (χ1) is 11.5. The van der Waals surface area contributed by atoms with Crippen molar-refractivity contribution in [3.63, 3.8) is 0 Å². The van der Waals surface area contributed by atoms with Crippen LogP contribution >= 0.6 is 11.6 Å². The molecule has 5 nitrogen and oxygen atoms in total. The predicted molar refractivity (Wildman–Crippen MR) is 95.2 cm³/mol. The van der Waals surface area contributed by atoms with Gasteiger partial charge in [0.1, 0.15) is 26.2 Å². The molecule has 134 valence electrons. The molecule has 2 fully saturated rings. The average molecular weight is 374 g/mol. The maximum atomic E-state index is 12.7. The molecule has 0 atom stereocenters. The number of benzene rings is 1. The van der Waals surface area contributed by atoms with Gasteiger partial charge in [-0.05, 0) is 31.2 Å². The molecule has 0 bridgehead atoms. The summed E-state index contributed by atoms with van der Waals surface area (Å²) in [4.78, 5) is 3.72. The van der Waals surface area contributed by atoms with Gasteiger partial charge in [0.05, 0.1) is 17.5 Å². The number of piperazine rings is 1. The maximum Gasteiger partial charge on any atom is 0.243 e. The van der Waals surface area contributed by atoms with Crippen LogP contribution in [0.5, 0.6) is 0 Å². The summed E-state index contributed by atoms with van der Waals surface area (Å²) in [7, 11) is -3.38. The van der Waals surface area contributed by atoms with Crippen molar-refractivity contribution in [3.8, 4) is 0 Å². The fourth-order valence-electron chi connectivity index (χ4n) is 3.95. The normalized spacial score (nSPS) is 27.2. The van der Waals surface area contributed by atoms with Crippen LogP contribution in [0.1, 0.15) is 19.8 Å². The van der Waals surface area contributed by atoms with Crippen LogP contribution in [0.15, 0.2) is 29.2 Å². The van der Waals surface area contributed by atoms with Crippen LogP contribution in [0, 0.1) is 0 Å². The third-order valence-corrected chi connectivity index (χ3v) is 7.75. The Hall–Kier alpha value is -0.660. The van der Waals surface area contributed by atoms with Gasteiger partial charge in [0.25, 0.3) is 0 Å². The highest BCUT2D eigenvalue weighted by molar-refractivity contribution is 7.89. The molecule has 24 heavy (non-hydrogen) atoms. The number of nitrogens with one attached hydrogen (secondary N) is 2. The van der Waals surface area contributed by atoms with Crippen LogP contribution in [0.3, 0.4) is 0 Å². The topological polar surface area (TPSA) is 46.3 Å². The number of halogens is 1. The highest BCUT2D eigenvalue weighted by Crippen LogP contribution is 2.21. The van der Waals surface area contributed by atoms with Crippen molar-refractivity contribution in [3.05, 3.63) is 29.3 Å². The largest absolute Gasteiger partial charge is 0.326 e. The lowest BCUT2D eigenvalue weighted by Crippen LogP contribution is -3.29. The monoisotopic (exact) mass is 373 g/mol. The van der Waals surface area contributed by atoms with Crippen molar-refractivity contribution < 1.29 is 18.2 Å². The van der Waals surface area contributed by atoms with Gasteiger partial charge < -0.3 is 9.80 Å². The molecule has 2 aliphatic heterocycles. The molecule has 1 aromatic rings. The van der Waals surface area contributed by atoms with Crippen molar-refractivity contribution in [2.24, 2.45) is 0 Å². The van der Waals surface area contributed by atoms with Crippen molar-refractivity contribution in [1.29, 1.82) is 0 Å². The highest BCUT2D eigenvalue weighted by Gasteiger charge is 2.35. The van der Waals surface area contributed by atoms with Crippen LogP contribution < -0.4 is 9.80 Å². The first-order valence-electron chi connectivity index (χ1n) is 8.94. The van der Waals surface area contributed by atoms with Gasteiger partial charge in [-0.25, -0.2) is 8.42 Å². The number of nitrogens with zero attached hydrogens (tertiary/aromatic N) is 1. The lowest BCUT2D eigenvalue weighted by Gasteiger charge is -2.38. The van der Waals surface area contributed by atoms with E-state index in [9.17, 15) is 8.42 Å². The van der Waals surface area contributed by atoms with Crippen LogP contribution in [0.4, 0.5) is 0 Å². The number of hydrogen-bond acceptors (Lipinski definition) is 2.